The maximum absolute atomic E-state index is 14.6. The van der Waals surface area contributed by atoms with Crippen molar-refractivity contribution in [3.05, 3.63) is 76.8 Å². The summed E-state index contributed by atoms with van der Waals surface area (Å²) >= 11 is 6.10. The van der Waals surface area contributed by atoms with Crippen LogP contribution < -0.4 is 15.5 Å². The topological polar surface area (TPSA) is 66.0 Å². The van der Waals surface area contributed by atoms with E-state index in [0.717, 1.165) is 46.9 Å². The largest absolute Gasteiger partial charge is 0.356 e. The van der Waals surface area contributed by atoms with Gasteiger partial charge in [0.15, 0.2) is 0 Å². The summed E-state index contributed by atoms with van der Waals surface area (Å²) < 4.78 is 14.6. The van der Waals surface area contributed by atoms with E-state index in [1.54, 1.807) is 18.3 Å². The molecule has 34 heavy (non-hydrogen) atoms. The van der Waals surface area contributed by atoms with Crippen molar-refractivity contribution >= 4 is 45.6 Å². The van der Waals surface area contributed by atoms with Crippen LogP contribution >= 0.6 is 11.6 Å². The minimum absolute atomic E-state index is 0.275. The molecule has 1 aliphatic rings. The molecule has 0 bridgehead atoms. The number of hydrogen-bond donors (Lipinski definition) is 2. The first kappa shape index (κ1) is 22.3. The van der Waals surface area contributed by atoms with E-state index in [4.69, 9.17) is 11.6 Å². The van der Waals surface area contributed by atoms with Crippen molar-refractivity contribution in [3.63, 3.8) is 0 Å². The van der Waals surface area contributed by atoms with Crippen LogP contribution in [0.15, 0.2) is 54.7 Å². The molecule has 4 aromatic rings. The van der Waals surface area contributed by atoms with E-state index in [0.29, 0.717) is 16.5 Å². The van der Waals surface area contributed by atoms with Crippen LogP contribution in [0.25, 0.3) is 10.9 Å². The summed E-state index contributed by atoms with van der Waals surface area (Å²) in [7, 11) is 0. The van der Waals surface area contributed by atoms with E-state index >= 15 is 0 Å². The molecule has 0 radical (unpaired) electrons. The van der Waals surface area contributed by atoms with Gasteiger partial charge >= 0.3 is 0 Å². The van der Waals surface area contributed by atoms with Crippen molar-refractivity contribution in [1.82, 2.24) is 15.0 Å². The molecule has 8 heteroatoms. The molecular weight excluding hydrogens is 451 g/mol. The lowest BCUT2D eigenvalue weighted by Gasteiger charge is -2.28. The van der Waals surface area contributed by atoms with Gasteiger partial charge in [0.05, 0.1) is 5.52 Å². The first-order valence-corrected chi connectivity index (χ1v) is 11.9. The minimum Gasteiger partial charge on any atom is -0.356 e. The van der Waals surface area contributed by atoms with Gasteiger partial charge in [-0.1, -0.05) is 11.6 Å². The maximum Gasteiger partial charge on any atom is 0.225 e. The van der Waals surface area contributed by atoms with Gasteiger partial charge in [0.2, 0.25) is 5.95 Å². The van der Waals surface area contributed by atoms with Gasteiger partial charge < -0.3 is 15.5 Å². The molecule has 1 fully saturated rings. The summed E-state index contributed by atoms with van der Waals surface area (Å²) in [6.45, 7) is 4.25. The highest BCUT2D eigenvalue weighted by molar-refractivity contribution is 6.31. The van der Waals surface area contributed by atoms with Crippen LogP contribution in [0.1, 0.15) is 30.5 Å². The van der Waals surface area contributed by atoms with E-state index in [-0.39, 0.29) is 12.4 Å². The van der Waals surface area contributed by atoms with Crippen LogP contribution in [0.3, 0.4) is 0 Å². The van der Waals surface area contributed by atoms with Crippen LogP contribution in [-0.2, 0) is 6.54 Å². The Labute approximate surface area is 203 Å². The molecule has 2 aromatic heterocycles. The van der Waals surface area contributed by atoms with Crippen LogP contribution in [0.2, 0.25) is 5.02 Å². The molecule has 0 atom stereocenters. The van der Waals surface area contributed by atoms with E-state index in [1.807, 2.05) is 37.3 Å². The van der Waals surface area contributed by atoms with Crippen molar-refractivity contribution in [2.75, 3.05) is 28.6 Å². The molecule has 2 aromatic carbocycles. The Morgan fingerprint density at radius 3 is 2.71 bits per heavy atom. The van der Waals surface area contributed by atoms with Gasteiger partial charge in [0.1, 0.15) is 11.6 Å². The van der Waals surface area contributed by atoms with Crippen LogP contribution in [0, 0.1) is 12.7 Å². The van der Waals surface area contributed by atoms with Gasteiger partial charge in [-0.05, 0) is 68.7 Å². The predicted molar refractivity (Wildman–Crippen MR) is 137 cm³/mol. The van der Waals surface area contributed by atoms with Crippen molar-refractivity contribution in [3.8, 4) is 0 Å². The molecule has 0 unspecified atom stereocenters. The van der Waals surface area contributed by atoms with E-state index in [2.05, 4.69) is 30.5 Å². The Morgan fingerprint density at radius 1 is 1.00 bits per heavy atom. The molecule has 6 nitrogen and oxygen atoms in total. The molecule has 0 aliphatic carbocycles. The Bertz CT molecular complexity index is 1320. The molecule has 5 rings (SSSR count). The number of aromatic nitrogens is 3. The third kappa shape index (κ3) is 5.04. The second kappa shape index (κ2) is 9.81. The average molecular weight is 477 g/mol. The highest BCUT2D eigenvalue weighted by atomic mass is 35.5. The molecule has 0 amide bonds. The number of pyridine rings is 1. The first-order valence-electron chi connectivity index (χ1n) is 11.5. The Hall–Kier alpha value is -3.45. The minimum atomic E-state index is -0.284. The molecule has 1 saturated heterocycles. The number of hydrogen-bond acceptors (Lipinski definition) is 6. The van der Waals surface area contributed by atoms with Gasteiger partial charge in [-0.15, -0.1) is 0 Å². The number of halogens is 2. The van der Waals surface area contributed by atoms with Gasteiger partial charge in [0, 0.05) is 64.9 Å². The van der Waals surface area contributed by atoms with Gasteiger partial charge in [-0.2, -0.15) is 4.98 Å². The van der Waals surface area contributed by atoms with Gasteiger partial charge in [-0.25, -0.2) is 9.37 Å². The number of rotatable bonds is 6. The lowest BCUT2D eigenvalue weighted by atomic mass is 10.1. The van der Waals surface area contributed by atoms with Crippen LogP contribution in [-0.4, -0.2) is 28.0 Å². The molecular formula is C26H26ClFN6. The van der Waals surface area contributed by atoms with E-state index in [1.165, 1.54) is 25.3 Å². The quantitative estimate of drug-likeness (QED) is 0.332. The standard InChI is InChI=1S/C26H26ClFN6/c1-17-13-25(34-11-3-2-4-12-34)33-26(31-17)30-16-18-14-20(6-8-22(18)28)32-23-9-10-29-24-15-19(27)5-7-21(23)24/h5-10,13-15H,2-4,11-12,16H2,1H3,(H,29,32)(H,30,31,33). The van der Waals surface area contributed by atoms with Gasteiger partial charge in [-0.3, -0.25) is 4.98 Å². The Balaban J connectivity index is 1.34. The smallest absolute Gasteiger partial charge is 0.225 e. The third-order valence-electron chi connectivity index (χ3n) is 5.99. The normalized spacial score (nSPS) is 13.8. The van der Waals surface area contributed by atoms with E-state index in [9.17, 15) is 4.39 Å². The zero-order chi connectivity index (χ0) is 23.5. The maximum atomic E-state index is 14.6. The van der Waals surface area contributed by atoms with Crippen molar-refractivity contribution in [2.45, 2.75) is 32.7 Å². The summed E-state index contributed by atoms with van der Waals surface area (Å²) in [6.07, 6.45) is 5.34. The monoisotopic (exact) mass is 476 g/mol. The number of aryl methyl sites for hydroxylation is 1. The van der Waals surface area contributed by atoms with E-state index < -0.39 is 0 Å². The zero-order valence-electron chi connectivity index (χ0n) is 19.0. The summed E-state index contributed by atoms with van der Waals surface area (Å²) in [6, 6.07) is 14.5. The van der Waals surface area contributed by atoms with Gasteiger partial charge in [0.25, 0.3) is 0 Å². The molecule has 174 valence electrons. The molecule has 1 aliphatic heterocycles. The first-order chi connectivity index (χ1) is 16.5. The number of fused-ring (bicyclic) bond motifs is 1. The van der Waals surface area contributed by atoms with Crippen molar-refractivity contribution < 1.29 is 4.39 Å². The van der Waals surface area contributed by atoms with Crippen LogP contribution in [0.5, 0.6) is 0 Å². The number of anilines is 4. The summed E-state index contributed by atoms with van der Waals surface area (Å²) in [5, 5.41) is 8.16. The summed E-state index contributed by atoms with van der Waals surface area (Å²) in [5.74, 6) is 1.15. The second-order valence-electron chi connectivity index (χ2n) is 8.54. The number of benzene rings is 2. The predicted octanol–water partition coefficient (Wildman–Crippen LogP) is 6.47. The SMILES string of the molecule is Cc1cc(N2CCCCC2)nc(NCc2cc(Nc3ccnc4cc(Cl)ccc34)ccc2F)n1. The third-order valence-corrected chi connectivity index (χ3v) is 6.22. The highest BCUT2D eigenvalue weighted by Gasteiger charge is 2.14. The number of piperidine rings is 1. The second-order valence-corrected chi connectivity index (χ2v) is 8.98. The van der Waals surface area contributed by atoms with Crippen LogP contribution in [0.4, 0.5) is 27.5 Å². The van der Waals surface area contributed by atoms with Crippen molar-refractivity contribution in [1.29, 1.82) is 0 Å². The lowest BCUT2D eigenvalue weighted by molar-refractivity contribution is 0.573. The number of nitrogens with zero attached hydrogens (tertiary/aromatic N) is 4. The lowest BCUT2D eigenvalue weighted by Crippen LogP contribution is -2.30. The summed E-state index contributed by atoms with van der Waals surface area (Å²) in [4.78, 5) is 15.8. The molecule has 0 spiro atoms. The highest BCUT2D eigenvalue weighted by Crippen LogP contribution is 2.28. The Kier molecular flexibility index (Phi) is 6.45. The average Bonchev–Trinajstić information content (AvgIpc) is 2.84. The van der Waals surface area contributed by atoms with Crippen molar-refractivity contribution in [2.24, 2.45) is 0 Å². The summed E-state index contributed by atoms with van der Waals surface area (Å²) in [5.41, 5.74) is 3.86. The fourth-order valence-electron chi connectivity index (χ4n) is 4.26. The number of nitrogens with one attached hydrogen (secondary N) is 2. The molecule has 2 N–H and O–H groups in total. The fraction of sp³-hybridized carbons (Fsp3) is 0.269. The molecule has 0 saturated carbocycles. The molecule has 3 heterocycles. The zero-order valence-corrected chi connectivity index (χ0v) is 19.7. The fourth-order valence-corrected chi connectivity index (χ4v) is 4.43. The Morgan fingerprint density at radius 2 is 1.85 bits per heavy atom.